The van der Waals surface area contributed by atoms with E-state index in [1.807, 2.05) is 22.9 Å². The highest BCUT2D eigenvalue weighted by atomic mass is 32.2. The summed E-state index contributed by atoms with van der Waals surface area (Å²) in [6, 6.07) is 0.215. The Hall–Kier alpha value is -1.21. The second-order valence-corrected chi connectivity index (χ2v) is 7.15. The largest absolute Gasteiger partial charge is 0.347 e. The summed E-state index contributed by atoms with van der Waals surface area (Å²) in [6.45, 7) is 3.13. The molecule has 6 nitrogen and oxygen atoms in total. The molecule has 0 saturated carbocycles. The molecule has 0 spiro atoms. The van der Waals surface area contributed by atoms with Crippen LogP contribution in [0, 0.1) is 0 Å². The number of nitrogens with one attached hydrogen (secondary N) is 2. The molecule has 0 aromatic carbocycles. The second-order valence-electron chi connectivity index (χ2n) is 5.74. The van der Waals surface area contributed by atoms with Gasteiger partial charge in [0.2, 0.25) is 0 Å². The van der Waals surface area contributed by atoms with Gasteiger partial charge in [-0.1, -0.05) is 0 Å². The Morgan fingerprint density at radius 2 is 2.48 bits per heavy atom. The molecule has 116 valence electrons. The molecule has 2 fully saturated rings. The summed E-state index contributed by atoms with van der Waals surface area (Å²) in [7, 11) is 2.08. The van der Waals surface area contributed by atoms with Crippen LogP contribution < -0.4 is 5.32 Å². The van der Waals surface area contributed by atoms with E-state index in [1.54, 1.807) is 6.20 Å². The first-order chi connectivity index (χ1) is 10.2. The number of carbonyl (C=O) groups is 1. The fourth-order valence-corrected chi connectivity index (χ4v) is 4.13. The summed E-state index contributed by atoms with van der Waals surface area (Å²) in [5.74, 6) is 2.16. The summed E-state index contributed by atoms with van der Waals surface area (Å²) in [4.78, 5) is 24.0. The van der Waals surface area contributed by atoms with Crippen molar-refractivity contribution < 1.29 is 4.79 Å². The number of H-pyrrole nitrogens is 1. The highest BCUT2D eigenvalue weighted by molar-refractivity contribution is 8.00. The minimum absolute atomic E-state index is 0.0622. The fourth-order valence-electron chi connectivity index (χ4n) is 2.93. The quantitative estimate of drug-likeness (QED) is 0.883. The first-order valence-corrected chi connectivity index (χ1v) is 8.63. The number of urea groups is 1. The third-order valence-electron chi connectivity index (χ3n) is 4.28. The van der Waals surface area contributed by atoms with Gasteiger partial charge in [-0.15, -0.1) is 0 Å². The highest BCUT2D eigenvalue weighted by Gasteiger charge is 2.30. The van der Waals surface area contributed by atoms with Crippen LogP contribution in [0.2, 0.25) is 0 Å². The van der Waals surface area contributed by atoms with Crippen molar-refractivity contribution in [3.63, 3.8) is 0 Å². The van der Waals surface area contributed by atoms with Gasteiger partial charge >= 0.3 is 6.03 Å². The van der Waals surface area contributed by atoms with Crippen LogP contribution in [-0.4, -0.2) is 70.0 Å². The Kier molecular flexibility index (Phi) is 4.70. The molecule has 3 rings (SSSR count). The van der Waals surface area contributed by atoms with Crippen molar-refractivity contribution in [2.45, 2.75) is 24.1 Å². The smallest absolute Gasteiger partial charge is 0.317 e. The van der Waals surface area contributed by atoms with Crippen LogP contribution in [0.1, 0.15) is 24.7 Å². The molecule has 1 aromatic rings. The van der Waals surface area contributed by atoms with Crippen LogP contribution >= 0.6 is 11.8 Å². The number of aromatic amines is 1. The Bertz CT molecular complexity index is 460. The van der Waals surface area contributed by atoms with Gasteiger partial charge in [0.1, 0.15) is 5.82 Å². The molecule has 0 aliphatic carbocycles. The zero-order valence-electron chi connectivity index (χ0n) is 12.4. The SMILES string of the molecule is CN1CCN(C(=O)NC[C@@H]2CCCS2)C[C@@H]1c1ncc[nH]1. The van der Waals surface area contributed by atoms with Crippen LogP contribution in [0.25, 0.3) is 0 Å². The third-order valence-corrected chi connectivity index (χ3v) is 5.67. The maximum atomic E-state index is 12.3. The van der Waals surface area contributed by atoms with E-state index in [-0.39, 0.29) is 12.1 Å². The van der Waals surface area contributed by atoms with Gasteiger partial charge in [-0.3, -0.25) is 4.90 Å². The zero-order chi connectivity index (χ0) is 14.7. The Balaban J connectivity index is 1.54. The number of amides is 2. The molecule has 0 radical (unpaired) electrons. The van der Waals surface area contributed by atoms with Crippen molar-refractivity contribution in [3.8, 4) is 0 Å². The van der Waals surface area contributed by atoms with E-state index in [9.17, 15) is 4.79 Å². The highest BCUT2D eigenvalue weighted by Crippen LogP contribution is 2.25. The number of carbonyl (C=O) groups excluding carboxylic acids is 1. The summed E-state index contributed by atoms with van der Waals surface area (Å²) in [5.41, 5.74) is 0. The van der Waals surface area contributed by atoms with Crippen LogP contribution in [0.15, 0.2) is 12.4 Å². The molecule has 1 aromatic heterocycles. The predicted molar refractivity (Wildman–Crippen MR) is 84.4 cm³/mol. The lowest BCUT2D eigenvalue weighted by Crippen LogP contribution is -2.52. The standard InChI is InChI=1S/C14H23N5OS/c1-18-6-7-19(10-12(18)13-15-4-5-16-13)14(20)17-9-11-3-2-8-21-11/h4-5,11-12H,2-3,6-10H2,1H3,(H,15,16)(H,17,20)/t11-,12+/m0/s1. The normalized spacial score (nSPS) is 27.0. The minimum atomic E-state index is 0.0622. The third kappa shape index (κ3) is 3.52. The van der Waals surface area contributed by atoms with E-state index in [2.05, 4.69) is 27.2 Å². The molecule has 7 heteroatoms. The van der Waals surface area contributed by atoms with Crippen LogP contribution in [0.5, 0.6) is 0 Å². The first kappa shape index (κ1) is 14.7. The summed E-state index contributed by atoms with van der Waals surface area (Å²) < 4.78 is 0. The van der Waals surface area contributed by atoms with E-state index in [0.29, 0.717) is 11.8 Å². The van der Waals surface area contributed by atoms with E-state index in [1.165, 1.54) is 18.6 Å². The van der Waals surface area contributed by atoms with E-state index in [0.717, 1.165) is 25.5 Å². The van der Waals surface area contributed by atoms with E-state index < -0.39 is 0 Å². The first-order valence-electron chi connectivity index (χ1n) is 7.58. The molecular weight excluding hydrogens is 286 g/mol. The number of aromatic nitrogens is 2. The number of hydrogen-bond acceptors (Lipinski definition) is 4. The Labute approximate surface area is 129 Å². The molecule has 2 aliphatic heterocycles. The van der Waals surface area contributed by atoms with Crippen molar-refractivity contribution in [3.05, 3.63) is 18.2 Å². The summed E-state index contributed by atoms with van der Waals surface area (Å²) in [5, 5.41) is 3.69. The lowest BCUT2D eigenvalue weighted by molar-refractivity contribution is 0.106. The van der Waals surface area contributed by atoms with Gasteiger partial charge < -0.3 is 15.2 Å². The molecule has 2 atom stereocenters. The summed E-state index contributed by atoms with van der Waals surface area (Å²) >= 11 is 1.97. The van der Waals surface area contributed by atoms with Gasteiger partial charge in [0, 0.05) is 43.8 Å². The fraction of sp³-hybridized carbons (Fsp3) is 0.714. The number of hydrogen-bond donors (Lipinski definition) is 2. The Morgan fingerprint density at radius 3 is 3.19 bits per heavy atom. The monoisotopic (exact) mass is 309 g/mol. The number of thioether (sulfide) groups is 1. The van der Waals surface area contributed by atoms with E-state index in [4.69, 9.17) is 0 Å². The number of nitrogens with zero attached hydrogens (tertiary/aromatic N) is 3. The lowest BCUT2D eigenvalue weighted by Gasteiger charge is -2.38. The van der Waals surface area contributed by atoms with Gasteiger partial charge in [-0.05, 0) is 25.6 Å². The summed E-state index contributed by atoms with van der Waals surface area (Å²) in [6.07, 6.45) is 6.10. The van der Waals surface area contributed by atoms with Crippen LogP contribution in [0.3, 0.4) is 0 Å². The topological polar surface area (TPSA) is 64.3 Å². The van der Waals surface area contributed by atoms with Crippen molar-refractivity contribution >= 4 is 17.8 Å². The number of piperazine rings is 1. The van der Waals surface area contributed by atoms with Gasteiger partial charge in [-0.2, -0.15) is 11.8 Å². The zero-order valence-corrected chi connectivity index (χ0v) is 13.2. The average Bonchev–Trinajstić information content (AvgIpc) is 3.18. The van der Waals surface area contributed by atoms with Crippen LogP contribution in [0.4, 0.5) is 4.79 Å². The maximum absolute atomic E-state index is 12.3. The molecule has 2 amide bonds. The van der Waals surface area contributed by atoms with Gasteiger partial charge in [-0.25, -0.2) is 9.78 Å². The number of rotatable bonds is 3. The molecule has 2 aliphatic rings. The average molecular weight is 309 g/mol. The molecule has 0 unspecified atom stereocenters. The molecule has 3 heterocycles. The number of likely N-dealkylation sites (N-methyl/N-ethyl adjacent to an activating group) is 1. The van der Waals surface area contributed by atoms with E-state index >= 15 is 0 Å². The molecule has 0 bridgehead atoms. The van der Waals surface area contributed by atoms with Gasteiger partial charge in [0.15, 0.2) is 0 Å². The van der Waals surface area contributed by atoms with Crippen molar-refractivity contribution in [2.24, 2.45) is 0 Å². The van der Waals surface area contributed by atoms with Crippen molar-refractivity contribution in [1.82, 2.24) is 25.1 Å². The second kappa shape index (κ2) is 6.70. The molecule has 21 heavy (non-hydrogen) atoms. The van der Waals surface area contributed by atoms with Crippen LogP contribution in [-0.2, 0) is 0 Å². The van der Waals surface area contributed by atoms with Gasteiger partial charge in [0.25, 0.3) is 0 Å². The van der Waals surface area contributed by atoms with Gasteiger partial charge in [0.05, 0.1) is 6.04 Å². The molecular formula is C14H23N5OS. The number of imidazole rings is 1. The lowest BCUT2D eigenvalue weighted by atomic mass is 10.1. The molecule has 2 saturated heterocycles. The predicted octanol–water partition coefficient (Wildman–Crippen LogP) is 1.30. The van der Waals surface area contributed by atoms with Crippen molar-refractivity contribution in [2.75, 3.05) is 39.0 Å². The minimum Gasteiger partial charge on any atom is -0.347 e. The maximum Gasteiger partial charge on any atom is 0.317 e. The molecule has 2 N–H and O–H groups in total. The Morgan fingerprint density at radius 1 is 1.57 bits per heavy atom. The van der Waals surface area contributed by atoms with Crippen molar-refractivity contribution in [1.29, 1.82) is 0 Å².